The second-order valence-corrected chi connectivity index (χ2v) is 7.17. The molecule has 2 N–H and O–H groups in total. The number of pyridine rings is 2. The molecular formula is C25H17N5O3. The van der Waals surface area contributed by atoms with E-state index in [9.17, 15) is 9.59 Å². The van der Waals surface area contributed by atoms with Gasteiger partial charge in [-0.15, -0.1) is 0 Å². The second-order valence-electron chi connectivity index (χ2n) is 7.17. The summed E-state index contributed by atoms with van der Waals surface area (Å²) in [6.07, 6.45) is 6.24. The molecule has 0 aliphatic carbocycles. The van der Waals surface area contributed by atoms with Crippen LogP contribution in [0.3, 0.4) is 0 Å². The molecule has 2 aromatic carbocycles. The molecular weight excluding hydrogens is 418 g/mol. The number of benzene rings is 2. The van der Waals surface area contributed by atoms with Crippen LogP contribution >= 0.6 is 0 Å². The van der Waals surface area contributed by atoms with Crippen LogP contribution in [0.1, 0.15) is 20.7 Å². The highest BCUT2D eigenvalue weighted by Crippen LogP contribution is 2.27. The van der Waals surface area contributed by atoms with Gasteiger partial charge in [0.25, 0.3) is 11.8 Å². The van der Waals surface area contributed by atoms with E-state index >= 15 is 0 Å². The number of fused-ring (bicyclic) bond motifs is 1. The highest BCUT2D eigenvalue weighted by atomic mass is 16.3. The molecule has 0 unspecified atom stereocenters. The van der Waals surface area contributed by atoms with Crippen molar-refractivity contribution in [2.75, 3.05) is 10.6 Å². The van der Waals surface area contributed by atoms with E-state index in [2.05, 4.69) is 25.6 Å². The largest absolute Gasteiger partial charge is 0.436 e. The Morgan fingerprint density at radius 1 is 0.727 bits per heavy atom. The molecule has 3 heterocycles. The standard InChI is InChI=1S/C25H17N5O3/c31-23(17-3-1-11-26-14-17)28-19-7-5-16(6-8-19)25-30-21-13-20(9-10-22(21)33-25)29-24(32)18-4-2-12-27-15-18/h1-15H,(H,28,31)(H,29,32). The summed E-state index contributed by atoms with van der Waals surface area (Å²) < 4.78 is 5.86. The Bertz CT molecular complexity index is 1430. The fourth-order valence-electron chi connectivity index (χ4n) is 3.23. The van der Waals surface area contributed by atoms with Crippen molar-refractivity contribution in [3.05, 3.63) is 103 Å². The summed E-state index contributed by atoms with van der Waals surface area (Å²) in [7, 11) is 0. The van der Waals surface area contributed by atoms with Gasteiger partial charge in [-0.2, -0.15) is 0 Å². The number of anilines is 2. The van der Waals surface area contributed by atoms with Gasteiger partial charge in [0.1, 0.15) is 5.52 Å². The lowest BCUT2D eigenvalue weighted by Gasteiger charge is -2.05. The van der Waals surface area contributed by atoms with Gasteiger partial charge in [-0.25, -0.2) is 4.98 Å². The predicted molar refractivity (Wildman–Crippen MR) is 124 cm³/mol. The first-order valence-electron chi connectivity index (χ1n) is 10.1. The maximum atomic E-state index is 12.3. The van der Waals surface area contributed by atoms with Crippen molar-refractivity contribution in [2.24, 2.45) is 0 Å². The van der Waals surface area contributed by atoms with Crippen molar-refractivity contribution in [2.45, 2.75) is 0 Å². The van der Waals surface area contributed by atoms with Crippen LogP contribution in [0.5, 0.6) is 0 Å². The number of hydrogen-bond donors (Lipinski definition) is 2. The zero-order valence-electron chi connectivity index (χ0n) is 17.2. The van der Waals surface area contributed by atoms with Gasteiger partial charge in [-0.05, 0) is 66.7 Å². The molecule has 0 radical (unpaired) electrons. The lowest BCUT2D eigenvalue weighted by molar-refractivity contribution is 0.101. The van der Waals surface area contributed by atoms with E-state index in [4.69, 9.17) is 4.42 Å². The summed E-state index contributed by atoms with van der Waals surface area (Å²) in [6, 6.07) is 19.2. The van der Waals surface area contributed by atoms with Crippen LogP contribution in [0, 0.1) is 0 Å². The lowest BCUT2D eigenvalue weighted by Crippen LogP contribution is -2.11. The highest BCUT2D eigenvalue weighted by Gasteiger charge is 2.12. The smallest absolute Gasteiger partial charge is 0.257 e. The number of amides is 2. The first-order valence-corrected chi connectivity index (χ1v) is 10.1. The molecule has 160 valence electrons. The number of nitrogens with zero attached hydrogens (tertiary/aromatic N) is 3. The van der Waals surface area contributed by atoms with Crippen LogP contribution in [0.25, 0.3) is 22.6 Å². The monoisotopic (exact) mass is 435 g/mol. The number of hydrogen-bond acceptors (Lipinski definition) is 6. The molecule has 8 heteroatoms. The van der Waals surface area contributed by atoms with E-state index in [1.807, 2.05) is 12.1 Å². The average Bonchev–Trinajstić information content (AvgIpc) is 3.29. The fraction of sp³-hybridized carbons (Fsp3) is 0. The van der Waals surface area contributed by atoms with E-state index in [0.717, 1.165) is 5.56 Å². The SMILES string of the molecule is O=C(Nc1ccc(-c2nc3cc(NC(=O)c4cccnc4)ccc3o2)cc1)c1cccnc1. The van der Waals surface area contributed by atoms with Gasteiger partial charge in [0.15, 0.2) is 5.58 Å². The van der Waals surface area contributed by atoms with E-state index in [1.54, 1.807) is 67.0 Å². The summed E-state index contributed by atoms with van der Waals surface area (Å²) in [5, 5.41) is 5.66. The molecule has 0 fully saturated rings. The molecule has 5 aromatic rings. The van der Waals surface area contributed by atoms with Crippen LogP contribution in [0.15, 0.2) is 95.9 Å². The van der Waals surface area contributed by atoms with E-state index in [1.165, 1.54) is 12.4 Å². The molecule has 0 saturated carbocycles. The quantitative estimate of drug-likeness (QED) is 0.411. The first kappa shape index (κ1) is 20.1. The Morgan fingerprint density at radius 2 is 1.33 bits per heavy atom. The highest BCUT2D eigenvalue weighted by molar-refractivity contribution is 6.05. The van der Waals surface area contributed by atoms with Crippen molar-refractivity contribution in [3.8, 4) is 11.5 Å². The Balaban J connectivity index is 1.31. The van der Waals surface area contributed by atoms with Gasteiger partial charge >= 0.3 is 0 Å². The molecule has 3 aromatic heterocycles. The zero-order valence-corrected chi connectivity index (χ0v) is 17.2. The van der Waals surface area contributed by atoms with Crippen molar-refractivity contribution in [1.82, 2.24) is 15.0 Å². The third-order valence-corrected chi connectivity index (χ3v) is 4.88. The maximum absolute atomic E-state index is 12.3. The van der Waals surface area contributed by atoms with Crippen molar-refractivity contribution in [3.63, 3.8) is 0 Å². The number of carbonyl (C=O) groups is 2. The van der Waals surface area contributed by atoms with Gasteiger partial charge in [0.05, 0.1) is 11.1 Å². The topological polar surface area (TPSA) is 110 Å². The third kappa shape index (κ3) is 4.45. The van der Waals surface area contributed by atoms with Crippen molar-refractivity contribution in [1.29, 1.82) is 0 Å². The minimum absolute atomic E-state index is 0.237. The molecule has 0 bridgehead atoms. The maximum Gasteiger partial charge on any atom is 0.257 e. The van der Waals surface area contributed by atoms with Gasteiger partial charge in [-0.3, -0.25) is 19.6 Å². The summed E-state index contributed by atoms with van der Waals surface area (Å²) >= 11 is 0. The van der Waals surface area contributed by atoms with Gasteiger partial charge in [0, 0.05) is 41.7 Å². The summed E-state index contributed by atoms with van der Waals surface area (Å²) in [4.78, 5) is 37.1. The van der Waals surface area contributed by atoms with Crippen LogP contribution in [0.4, 0.5) is 11.4 Å². The molecule has 33 heavy (non-hydrogen) atoms. The molecule has 2 amide bonds. The molecule has 0 aliphatic rings. The van der Waals surface area contributed by atoms with Crippen LogP contribution in [-0.4, -0.2) is 26.8 Å². The molecule has 0 spiro atoms. The van der Waals surface area contributed by atoms with Crippen LogP contribution < -0.4 is 10.6 Å². The van der Waals surface area contributed by atoms with Gasteiger partial charge < -0.3 is 15.1 Å². The number of rotatable bonds is 5. The molecule has 8 nitrogen and oxygen atoms in total. The van der Waals surface area contributed by atoms with Gasteiger partial charge in [0.2, 0.25) is 5.89 Å². The molecule has 0 aliphatic heterocycles. The zero-order chi connectivity index (χ0) is 22.6. The average molecular weight is 435 g/mol. The fourth-order valence-corrected chi connectivity index (χ4v) is 3.23. The Kier molecular flexibility index (Phi) is 5.30. The molecule has 5 rings (SSSR count). The number of oxazole rings is 1. The minimum atomic E-state index is -0.255. The molecule has 0 saturated heterocycles. The van der Waals surface area contributed by atoms with Crippen molar-refractivity contribution >= 4 is 34.3 Å². The van der Waals surface area contributed by atoms with Crippen LogP contribution in [0.2, 0.25) is 0 Å². The Hall–Kier alpha value is -4.85. The normalized spacial score (nSPS) is 10.7. The first-order chi connectivity index (χ1) is 16.2. The van der Waals surface area contributed by atoms with Gasteiger partial charge in [-0.1, -0.05) is 0 Å². The number of carbonyl (C=O) groups excluding carboxylic acids is 2. The number of nitrogens with one attached hydrogen (secondary N) is 2. The van der Waals surface area contributed by atoms with Crippen LogP contribution in [-0.2, 0) is 0 Å². The van der Waals surface area contributed by atoms with Crippen molar-refractivity contribution < 1.29 is 14.0 Å². The van der Waals surface area contributed by atoms with E-state index in [0.29, 0.717) is 39.5 Å². The second kappa shape index (κ2) is 8.72. The minimum Gasteiger partial charge on any atom is -0.436 e. The summed E-state index contributed by atoms with van der Waals surface area (Å²) in [5.41, 5.74) is 4.16. The lowest BCUT2D eigenvalue weighted by atomic mass is 10.2. The van der Waals surface area contributed by atoms with E-state index < -0.39 is 0 Å². The predicted octanol–water partition coefficient (Wildman–Crippen LogP) is 4.79. The Morgan fingerprint density at radius 3 is 1.94 bits per heavy atom. The summed E-state index contributed by atoms with van der Waals surface area (Å²) in [6.45, 7) is 0. The summed E-state index contributed by atoms with van der Waals surface area (Å²) in [5.74, 6) is -0.0560. The molecule has 0 atom stereocenters. The number of aromatic nitrogens is 3. The van der Waals surface area contributed by atoms with E-state index in [-0.39, 0.29) is 11.8 Å². The Labute approximate surface area is 188 Å². The third-order valence-electron chi connectivity index (χ3n) is 4.88.